The Bertz CT molecular complexity index is 485. The van der Waals surface area contributed by atoms with Crippen LogP contribution in [-0.2, 0) is 12.0 Å². The van der Waals surface area contributed by atoms with E-state index in [4.69, 9.17) is 0 Å². The fourth-order valence-electron chi connectivity index (χ4n) is 2.77. The average molecular weight is 260 g/mol. The van der Waals surface area contributed by atoms with Gasteiger partial charge in [-0.05, 0) is 43.2 Å². The van der Waals surface area contributed by atoms with E-state index in [0.29, 0.717) is 12.5 Å². The number of hydrogen-bond donors (Lipinski definition) is 3. The Morgan fingerprint density at radius 1 is 1.37 bits per heavy atom. The van der Waals surface area contributed by atoms with Gasteiger partial charge in [-0.3, -0.25) is 0 Å². The Balaban J connectivity index is 1.67. The summed E-state index contributed by atoms with van der Waals surface area (Å²) in [5, 5.41) is 16.5. The van der Waals surface area contributed by atoms with Crippen LogP contribution in [0.4, 0.5) is 4.79 Å². The minimum Gasteiger partial charge on any atom is -0.383 e. The SMILES string of the molecule is O=C(NCC1(O)CCCc2ccccc21)NC1CC1. The molecule has 102 valence electrons. The van der Waals surface area contributed by atoms with Crippen LogP contribution in [-0.4, -0.2) is 23.7 Å². The van der Waals surface area contributed by atoms with Crippen LogP contribution < -0.4 is 10.6 Å². The normalized spacial score (nSPS) is 25.5. The van der Waals surface area contributed by atoms with Crippen molar-refractivity contribution < 1.29 is 9.90 Å². The van der Waals surface area contributed by atoms with Crippen molar-refractivity contribution in [1.29, 1.82) is 0 Å². The minimum atomic E-state index is -0.921. The molecule has 4 heteroatoms. The number of amides is 2. The molecule has 0 saturated heterocycles. The highest BCUT2D eigenvalue weighted by molar-refractivity contribution is 5.74. The van der Waals surface area contributed by atoms with Crippen LogP contribution in [0.5, 0.6) is 0 Å². The number of benzene rings is 1. The number of carbonyl (C=O) groups is 1. The van der Waals surface area contributed by atoms with Crippen LogP contribution in [0.2, 0.25) is 0 Å². The highest BCUT2D eigenvalue weighted by Gasteiger charge is 2.34. The van der Waals surface area contributed by atoms with Crippen molar-refractivity contribution in [3.8, 4) is 0 Å². The summed E-state index contributed by atoms with van der Waals surface area (Å²) >= 11 is 0. The van der Waals surface area contributed by atoms with Crippen LogP contribution >= 0.6 is 0 Å². The monoisotopic (exact) mass is 260 g/mol. The highest BCUT2D eigenvalue weighted by Crippen LogP contribution is 2.34. The Labute approximate surface area is 113 Å². The molecule has 4 nitrogen and oxygen atoms in total. The summed E-state index contributed by atoms with van der Waals surface area (Å²) in [4.78, 5) is 11.7. The fourth-order valence-corrected chi connectivity index (χ4v) is 2.77. The first kappa shape index (κ1) is 12.5. The average Bonchev–Trinajstić information content (AvgIpc) is 3.21. The number of urea groups is 1. The van der Waals surface area contributed by atoms with Gasteiger partial charge in [0, 0.05) is 6.04 Å². The van der Waals surface area contributed by atoms with E-state index in [1.165, 1.54) is 5.56 Å². The van der Waals surface area contributed by atoms with Crippen LogP contribution in [0.1, 0.15) is 36.8 Å². The zero-order valence-electron chi connectivity index (χ0n) is 11.0. The van der Waals surface area contributed by atoms with Gasteiger partial charge in [0.05, 0.1) is 6.54 Å². The van der Waals surface area contributed by atoms with Crippen LogP contribution in [0, 0.1) is 0 Å². The summed E-state index contributed by atoms with van der Waals surface area (Å²) in [6.45, 7) is 0.280. The maximum absolute atomic E-state index is 11.7. The Hall–Kier alpha value is -1.55. The van der Waals surface area contributed by atoms with Crippen molar-refractivity contribution in [3.05, 3.63) is 35.4 Å². The van der Waals surface area contributed by atoms with Crippen LogP contribution in [0.15, 0.2) is 24.3 Å². The zero-order chi connectivity index (χ0) is 13.3. The number of aryl methyl sites for hydroxylation is 1. The van der Waals surface area contributed by atoms with E-state index in [-0.39, 0.29) is 12.6 Å². The summed E-state index contributed by atoms with van der Waals surface area (Å²) in [6, 6.07) is 8.14. The molecule has 0 spiro atoms. The smallest absolute Gasteiger partial charge is 0.315 e. The largest absolute Gasteiger partial charge is 0.383 e. The molecule has 2 amide bonds. The summed E-state index contributed by atoms with van der Waals surface area (Å²) in [6.07, 6.45) is 4.81. The second-order valence-corrected chi connectivity index (χ2v) is 5.64. The predicted molar refractivity (Wildman–Crippen MR) is 72.8 cm³/mol. The first-order valence-corrected chi connectivity index (χ1v) is 7.02. The maximum Gasteiger partial charge on any atom is 0.315 e. The molecule has 0 aromatic heterocycles. The molecule has 0 aliphatic heterocycles. The van der Waals surface area contributed by atoms with Gasteiger partial charge < -0.3 is 15.7 Å². The van der Waals surface area contributed by atoms with Crippen molar-refractivity contribution in [1.82, 2.24) is 10.6 Å². The standard InChI is InChI=1S/C15H20N2O2/c18-14(17-12-7-8-12)16-10-15(19)9-3-5-11-4-1-2-6-13(11)15/h1-2,4,6,12,19H,3,5,7-10H2,(H2,16,17,18). The molecular weight excluding hydrogens is 240 g/mol. The van der Waals surface area contributed by atoms with Crippen LogP contribution in [0.3, 0.4) is 0 Å². The fraction of sp³-hybridized carbons (Fsp3) is 0.533. The van der Waals surface area contributed by atoms with Gasteiger partial charge in [-0.15, -0.1) is 0 Å². The van der Waals surface area contributed by atoms with Gasteiger partial charge in [-0.25, -0.2) is 4.79 Å². The second kappa shape index (κ2) is 4.85. The number of carbonyl (C=O) groups excluding carboxylic acids is 1. The van der Waals surface area contributed by atoms with Gasteiger partial charge in [0.15, 0.2) is 0 Å². The lowest BCUT2D eigenvalue weighted by atomic mass is 9.79. The van der Waals surface area contributed by atoms with Crippen molar-refractivity contribution in [2.75, 3.05) is 6.54 Å². The molecule has 0 bridgehead atoms. The molecule has 2 aliphatic rings. The molecule has 3 rings (SSSR count). The van der Waals surface area contributed by atoms with Crippen molar-refractivity contribution >= 4 is 6.03 Å². The third-order valence-electron chi connectivity index (χ3n) is 4.01. The summed E-state index contributed by atoms with van der Waals surface area (Å²) in [5.41, 5.74) is 1.24. The molecule has 3 N–H and O–H groups in total. The Morgan fingerprint density at radius 3 is 2.95 bits per heavy atom. The first-order valence-electron chi connectivity index (χ1n) is 7.02. The lowest BCUT2D eigenvalue weighted by molar-refractivity contribution is 0.0217. The van der Waals surface area contributed by atoms with Gasteiger partial charge in [0.25, 0.3) is 0 Å². The van der Waals surface area contributed by atoms with E-state index in [9.17, 15) is 9.90 Å². The number of hydrogen-bond acceptors (Lipinski definition) is 2. The molecule has 0 radical (unpaired) electrons. The van der Waals surface area contributed by atoms with Gasteiger partial charge in [-0.1, -0.05) is 24.3 Å². The summed E-state index contributed by atoms with van der Waals surface area (Å²) in [7, 11) is 0. The lowest BCUT2D eigenvalue weighted by Gasteiger charge is -2.34. The molecule has 1 atom stereocenters. The third kappa shape index (κ3) is 2.73. The molecule has 19 heavy (non-hydrogen) atoms. The molecule has 1 saturated carbocycles. The van der Waals surface area contributed by atoms with Crippen molar-refractivity contribution in [2.24, 2.45) is 0 Å². The van der Waals surface area contributed by atoms with Gasteiger partial charge >= 0.3 is 6.03 Å². The van der Waals surface area contributed by atoms with Gasteiger partial charge in [0.2, 0.25) is 0 Å². The Morgan fingerprint density at radius 2 is 2.16 bits per heavy atom. The molecule has 2 aliphatic carbocycles. The first-order chi connectivity index (χ1) is 9.17. The van der Waals surface area contributed by atoms with E-state index < -0.39 is 5.60 Å². The quantitative estimate of drug-likeness (QED) is 0.774. The third-order valence-corrected chi connectivity index (χ3v) is 4.01. The van der Waals surface area contributed by atoms with Crippen molar-refractivity contribution in [2.45, 2.75) is 43.7 Å². The number of aliphatic hydroxyl groups is 1. The van der Waals surface area contributed by atoms with Crippen molar-refractivity contribution in [3.63, 3.8) is 0 Å². The van der Waals surface area contributed by atoms with E-state index >= 15 is 0 Å². The summed E-state index contributed by atoms with van der Waals surface area (Å²) in [5.74, 6) is 0. The molecular formula is C15H20N2O2. The van der Waals surface area contributed by atoms with E-state index in [1.807, 2.05) is 18.2 Å². The molecule has 1 fully saturated rings. The number of fused-ring (bicyclic) bond motifs is 1. The molecule has 1 aromatic rings. The zero-order valence-corrected chi connectivity index (χ0v) is 11.0. The second-order valence-electron chi connectivity index (χ2n) is 5.64. The minimum absolute atomic E-state index is 0.168. The van der Waals surface area contributed by atoms with Gasteiger partial charge in [-0.2, -0.15) is 0 Å². The Kier molecular flexibility index (Phi) is 3.19. The van der Waals surface area contributed by atoms with Gasteiger partial charge in [0.1, 0.15) is 5.60 Å². The number of nitrogens with one attached hydrogen (secondary N) is 2. The van der Waals surface area contributed by atoms with E-state index in [0.717, 1.165) is 31.2 Å². The number of rotatable bonds is 3. The summed E-state index contributed by atoms with van der Waals surface area (Å²) < 4.78 is 0. The topological polar surface area (TPSA) is 61.4 Å². The molecule has 1 unspecified atom stereocenters. The maximum atomic E-state index is 11.7. The highest BCUT2D eigenvalue weighted by atomic mass is 16.3. The van der Waals surface area contributed by atoms with Crippen LogP contribution in [0.25, 0.3) is 0 Å². The predicted octanol–water partition coefficient (Wildman–Crippen LogP) is 1.67. The lowest BCUT2D eigenvalue weighted by Crippen LogP contribution is -2.46. The van der Waals surface area contributed by atoms with E-state index in [1.54, 1.807) is 0 Å². The van der Waals surface area contributed by atoms with E-state index in [2.05, 4.69) is 16.7 Å². The molecule has 0 heterocycles. The molecule has 1 aromatic carbocycles.